The Morgan fingerprint density at radius 2 is 1.31 bits per heavy atom. The average molecular weight is 433 g/mol. The number of carboxylic acids is 1. The first-order valence-electron chi connectivity index (χ1n) is 7.82. The molecule has 1 saturated heterocycles. The first kappa shape index (κ1) is 19.3. The summed E-state index contributed by atoms with van der Waals surface area (Å²) >= 11 is 24.1. The van der Waals surface area contributed by atoms with E-state index in [1.165, 1.54) is 0 Å². The zero-order chi connectivity index (χ0) is 19.0. The third-order valence-corrected chi connectivity index (χ3v) is 6.11. The van der Waals surface area contributed by atoms with E-state index in [1.807, 2.05) is 12.1 Å². The SMILES string of the molecule is O=C(O)c1c(Cl)c(Cl)c(Cl)c(Cl)c1C(=O)c1ccc(N2CCCC2)cc1. The minimum Gasteiger partial charge on any atom is -0.478 e. The third kappa shape index (κ3) is 3.39. The maximum absolute atomic E-state index is 12.9. The monoisotopic (exact) mass is 431 g/mol. The zero-order valence-corrected chi connectivity index (χ0v) is 16.4. The third-order valence-electron chi connectivity index (χ3n) is 4.31. The fourth-order valence-electron chi connectivity index (χ4n) is 2.99. The highest BCUT2D eigenvalue weighted by Gasteiger charge is 2.29. The van der Waals surface area contributed by atoms with Gasteiger partial charge in [0.2, 0.25) is 0 Å². The van der Waals surface area contributed by atoms with Crippen LogP contribution in [0.1, 0.15) is 39.1 Å². The Morgan fingerprint density at radius 1 is 0.808 bits per heavy atom. The second kappa shape index (κ2) is 7.65. The van der Waals surface area contributed by atoms with Crippen molar-refractivity contribution in [2.45, 2.75) is 12.8 Å². The van der Waals surface area contributed by atoms with E-state index in [9.17, 15) is 14.7 Å². The standard InChI is InChI=1S/C18H13Cl4NO3/c19-13-11(12(18(25)26)14(20)16(22)15(13)21)17(24)9-3-5-10(6-4-9)23-7-1-2-8-23/h3-6H,1-2,7-8H2,(H,25,26). The van der Waals surface area contributed by atoms with E-state index in [4.69, 9.17) is 46.4 Å². The lowest BCUT2D eigenvalue weighted by molar-refractivity contribution is 0.0693. The van der Waals surface area contributed by atoms with Gasteiger partial charge in [0.05, 0.1) is 31.2 Å². The van der Waals surface area contributed by atoms with Crippen LogP contribution >= 0.6 is 46.4 Å². The summed E-state index contributed by atoms with van der Waals surface area (Å²) in [5, 5.41) is 8.57. The van der Waals surface area contributed by atoms with Gasteiger partial charge < -0.3 is 10.0 Å². The Hall–Kier alpha value is -1.46. The number of hydrogen-bond donors (Lipinski definition) is 1. The number of carboxylic acid groups (broad SMARTS) is 1. The summed E-state index contributed by atoms with van der Waals surface area (Å²) in [7, 11) is 0. The lowest BCUT2D eigenvalue weighted by Crippen LogP contribution is -2.17. The number of aromatic carboxylic acids is 1. The first-order valence-corrected chi connectivity index (χ1v) is 9.33. The Morgan fingerprint density at radius 3 is 1.81 bits per heavy atom. The van der Waals surface area contributed by atoms with Crippen molar-refractivity contribution in [3.8, 4) is 0 Å². The number of anilines is 1. The molecule has 2 aromatic carbocycles. The zero-order valence-electron chi connectivity index (χ0n) is 13.4. The first-order chi connectivity index (χ1) is 12.3. The maximum Gasteiger partial charge on any atom is 0.338 e. The molecule has 4 nitrogen and oxygen atoms in total. The van der Waals surface area contributed by atoms with Crippen LogP contribution < -0.4 is 4.90 Å². The summed E-state index contributed by atoms with van der Waals surface area (Å²) in [6.45, 7) is 1.95. The lowest BCUT2D eigenvalue weighted by Gasteiger charge is -2.18. The van der Waals surface area contributed by atoms with E-state index in [-0.39, 0.29) is 31.2 Å². The van der Waals surface area contributed by atoms with E-state index >= 15 is 0 Å². The summed E-state index contributed by atoms with van der Waals surface area (Å²) in [6.07, 6.45) is 2.28. The Bertz CT molecular complexity index is 891. The van der Waals surface area contributed by atoms with Crippen LogP contribution in [0.4, 0.5) is 5.69 Å². The van der Waals surface area contributed by atoms with Crippen LogP contribution in [0, 0.1) is 0 Å². The molecule has 3 rings (SSSR count). The van der Waals surface area contributed by atoms with E-state index in [0.717, 1.165) is 31.6 Å². The van der Waals surface area contributed by atoms with Crippen LogP contribution in [-0.2, 0) is 0 Å². The highest BCUT2D eigenvalue weighted by molar-refractivity contribution is 6.54. The molecule has 136 valence electrons. The van der Waals surface area contributed by atoms with Gasteiger partial charge in [-0.05, 0) is 37.1 Å². The number of rotatable bonds is 4. The Kier molecular flexibility index (Phi) is 5.68. The Balaban J connectivity index is 2.06. The van der Waals surface area contributed by atoms with Crippen molar-refractivity contribution in [1.82, 2.24) is 0 Å². The molecule has 1 aliphatic heterocycles. The Labute approximate surface area is 170 Å². The lowest BCUT2D eigenvalue weighted by atomic mass is 9.97. The van der Waals surface area contributed by atoms with Gasteiger partial charge in [0.1, 0.15) is 0 Å². The second-order valence-corrected chi connectivity index (χ2v) is 7.39. The number of nitrogens with zero attached hydrogens (tertiary/aromatic N) is 1. The van der Waals surface area contributed by atoms with E-state index < -0.39 is 17.3 Å². The van der Waals surface area contributed by atoms with Crippen molar-refractivity contribution in [3.05, 3.63) is 61.0 Å². The van der Waals surface area contributed by atoms with Crippen molar-refractivity contribution >= 4 is 63.8 Å². The fourth-order valence-corrected chi connectivity index (χ4v) is 4.01. The van der Waals surface area contributed by atoms with Crippen LogP contribution in [-0.4, -0.2) is 29.9 Å². The van der Waals surface area contributed by atoms with Gasteiger partial charge in [-0.15, -0.1) is 0 Å². The molecule has 0 amide bonds. The number of ketones is 1. The van der Waals surface area contributed by atoms with Crippen LogP contribution in [0.3, 0.4) is 0 Å². The summed E-state index contributed by atoms with van der Waals surface area (Å²) in [5.74, 6) is -1.99. The largest absolute Gasteiger partial charge is 0.478 e. The molecule has 1 fully saturated rings. The number of carbonyl (C=O) groups is 2. The van der Waals surface area contributed by atoms with Crippen LogP contribution in [0.15, 0.2) is 24.3 Å². The molecule has 8 heteroatoms. The number of halogens is 4. The molecule has 0 bridgehead atoms. The maximum atomic E-state index is 12.9. The van der Waals surface area contributed by atoms with Gasteiger partial charge in [-0.2, -0.15) is 0 Å². The molecule has 2 aromatic rings. The average Bonchev–Trinajstić information content (AvgIpc) is 3.16. The molecule has 1 N–H and O–H groups in total. The highest BCUT2D eigenvalue weighted by atomic mass is 35.5. The van der Waals surface area contributed by atoms with Gasteiger partial charge in [0.15, 0.2) is 5.78 Å². The van der Waals surface area contributed by atoms with E-state index in [2.05, 4.69) is 4.90 Å². The fraction of sp³-hybridized carbons (Fsp3) is 0.222. The summed E-state index contributed by atoms with van der Waals surface area (Å²) in [5.41, 5.74) is 0.565. The van der Waals surface area contributed by atoms with Gasteiger partial charge in [-0.3, -0.25) is 4.79 Å². The molecule has 26 heavy (non-hydrogen) atoms. The number of hydrogen-bond acceptors (Lipinski definition) is 3. The molecule has 0 unspecified atom stereocenters. The van der Waals surface area contributed by atoms with Crippen molar-refractivity contribution < 1.29 is 14.7 Å². The molecule has 1 heterocycles. The van der Waals surface area contributed by atoms with Crippen molar-refractivity contribution in [3.63, 3.8) is 0 Å². The molecule has 0 spiro atoms. The quantitative estimate of drug-likeness (QED) is 0.375. The highest BCUT2D eigenvalue weighted by Crippen LogP contribution is 2.42. The topological polar surface area (TPSA) is 57.6 Å². The second-order valence-electron chi connectivity index (χ2n) is 5.88. The molecular formula is C18H13Cl4NO3. The smallest absolute Gasteiger partial charge is 0.338 e. The van der Waals surface area contributed by atoms with E-state index in [1.54, 1.807) is 12.1 Å². The molecule has 0 atom stereocenters. The summed E-state index contributed by atoms with van der Waals surface area (Å²) in [4.78, 5) is 26.8. The molecular weight excluding hydrogens is 420 g/mol. The van der Waals surface area contributed by atoms with E-state index in [0.29, 0.717) is 0 Å². The minimum atomic E-state index is -1.41. The molecule has 0 aliphatic carbocycles. The van der Waals surface area contributed by atoms with Crippen LogP contribution in [0.2, 0.25) is 20.1 Å². The normalized spacial score (nSPS) is 13.9. The molecule has 0 aromatic heterocycles. The number of carbonyl (C=O) groups excluding carboxylic acids is 1. The van der Waals surface area contributed by atoms with Gasteiger partial charge in [0.25, 0.3) is 0 Å². The van der Waals surface area contributed by atoms with Gasteiger partial charge in [-0.25, -0.2) is 4.79 Å². The molecule has 0 radical (unpaired) electrons. The van der Waals surface area contributed by atoms with Gasteiger partial charge >= 0.3 is 5.97 Å². The van der Waals surface area contributed by atoms with Crippen molar-refractivity contribution in [2.75, 3.05) is 18.0 Å². The molecule has 1 aliphatic rings. The van der Waals surface area contributed by atoms with Crippen molar-refractivity contribution in [1.29, 1.82) is 0 Å². The summed E-state index contributed by atoms with van der Waals surface area (Å²) < 4.78 is 0. The van der Waals surface area contributed by atoms with Crippen LogP contribution in [0.5, 0.6) is 0 Å². The number of benzene rings is 2. The van der Waals surface area contributed by atoms with Crippen molar-refractivity contribution in [2.24, 2.45) is 0 Å². The van der Waals surface area contributed by atoms with Crippen LogP contribution in [0.25, 0.3) is 0 Å². The molecule has 0 saturated carbocycles. The summed E-state index contributed by atoms with van der Waals surface area (Å²) in [6, 6.07) is 6.92. The minimum absolute atomic E-state index is 0.152. The predicted octanol–water partition coefficient (Wildman–Crippen LogP) is 5.83. The van der Waals surface area contributed by atoms with Gasteiger partial charge in [-0.1, -0.05) is 46.4 Å². The predicted molar refractivity (Wildman–Crippen MR) is 105 cm³/mol. The van der Waals surface area contributed by atoms with Gasteiger partial charge in [0, 0.05) is 24.3 Å².